The molecule has 0 heterocycles. The van der Waals surface area contributed by atoms with Crippen molar-refractivity contribution >= 4 is 0 Å². The van der Waals surface area contributed by atoms with Crippen LogP contribution < -0.4 is 0 Å². The lowest BCUT2D eigenvalue weighted by Gasteiger charge is -2.01. The van der Waals surface area contributed by atoms with Crippen LogP contribution >= 0.6 is 0 Å². The summed E-state index contributed by atoms with van der Waals surface area (Å²) in [6, 6.07) is 0. The molecule has 0 saturated heterocycles. The van der Waals surface area contributed by atoms with E-state index >= 15 is 0 Å². The van der Waals surface area contributed by atoms with E-state index in [-0.39, 0.29) is 0 Å². The van der Waals surface area contributed by atoms with E-state index in [4.69, 9.17) is 5.11 Å². The van der Waals surface area contributed by atoms with Gasteiger partial charge in [-0.1, -0.05) is 77.6 Å². The van der Waals surface area contributed by atoms with Gasteiger partial charge in [-0.2, -0.15) is 0 Å². The number of aliphatic hydroxyl groups excluding tert-OH is 1. The Morgan fingerprint density at radius 3 is 1.33 bits per heavy atom. The fourth-order valence-electron chi connectivity index (χ4n) is 2.56. The Kier molecular flexibility index (Phi) is 19.1. The molecule has 0 radical (unpaired) electrons. The van der Waals surface area contributed by atoms with Gasteiger partial charge in [0.25, 0.3) is 0 Å². The van der Waals surface area contributed by atoms with Crippen LogP contribution in [0.15, 0.2) is 0 Å². The van der Waals surface area contributed by atoms with Gasteiger partial charge in [-0.25, -0.2) is 0 Å². The summed E-state index contributed by atoms with van der Waals surface area (Å²) >= 11 is 0. The lowest BCUT2D eigenvalue weighted by molar-refractivity contribution is 0.285. The molecule has 0 rings (SSSR count). The zero-order valence-electron chi connectivity index (χ0n) is 14.5. The number of aliphatic hydroxyl groups is 1. The quantitative estimate of drug-likeness (QED) is 0.280. The molecular formula is C20H38O. The maximum atomic E-state index is 8.64. The maximum absolute atomic E-state index is 8.64. The Balaban J connectivity index is 3.02. The molecule has 1 heteroatoms. The van der Waals surface area contributed by atoms with E-state index in [2.05, 4.69) is 18.8 Å². The van der Waals surface area contributed by atoms with Gasteiger partial charge >= 0.3 is 0 Å². The average molecular weight is 295 g/mol. The minimum Gasteiger partial charge on any atom is -0.396 e. The molecule has 0 aliphatic rings. The predicted molar refractivity (Wildman–Crippen MR) is 94.4 cm³/mol. The summed E-state index contributed by atoms with van der Waals surface area (Å²) in [6.07, 6.45) is 20.8. The van der Waals surface area contributed by atoms with Crippen molar-refractivity contribution in [3.63, 3.8) is 0 Å². The molecule has 0 fully saturated rings. The third-order valence-electron chi connectivity index (χ3n) is 3.99. The molecule has 0 aliphatic carbocycles. The second-order valence-electron chi connectivity index (χ2n) is 6.17. The standard InChI is InChI=1S/C20H38O/c1-2-3-4-5-6-7-8-9-10-11-12-13-14-15-16-17-18-19-20-21/h21H,2-14,17-20H2,1H3. The largest absolute Gasteiger partial charge is 0.396 e. The Bertz CT molecular complexity index is 236. The number of unbranched alkanes of at least 4 members (excludes halogenated alkanes) is 14. The van der Waals surface area contributed by atoms with Crippen LogP contribution in [0.25, 0.3) is 0 Å². The normalized spacial score (nSPS) is 10.4. The Morgan fingerprint density at radius 1 is 0.524 bits per heavy atom. The predicted octanol–water partition coefficient (Wildman–Crippen LogP) is 6.24. The van der Waals surface area contributed by atoms with Gasteiger partial charge in [-0.05, 0) is 19.3 Å². The van der Waals surface area contributed by atoms with Crippen LogP contribution in [0.1, 0.15) is 110 Å². The molecule has 0 atom stereocenters. The van der Waals surface area contributed by atoms with E-state index < -0.39 is 0 Å². The summed E-state index contributed by atoms with van der Waals surface area (Å²) < 4.78 is 0. The SMILES string of the molecule is CCCCCCCCCCCCCCC#CCCCCO. The molecule has 0 spiro atoms. The molecule has 0 aliphatic heterocycles. The first-order chi connectivity index (χ1) is 10.4. The molecule has 0 aromatic rings. The maximum Gasteiger partial charge on any atom is 0.0431 e. The fourth-order valence-corrected chi connectivity index (χ4v) is 2.56. The molecule has 0 aromatic heterocycles. The van der Waals surface area contributed by atoms with Crippen LogP contribution in [-0.2, 0) is 0 Å². The van der Waals surface area contributed by atoms with Crippen LogP contribution in [0.2, 0.25) is 0 Å². The van der Waals surface area contributed by atoms with Gasteiger partial charge in [-0.3, -0.25) is 0 Å². The third-order valence-corrected chi connectivity index (χ3v) is 3.99. The highest BCUT2D eigenvalue weighted by atomic mass is 16.2. The Labute approximate surface area is 133 Å². The molecule has 0 aromatic carbocycles. The molecule has 0 unspecified atom stereocenters. The highest BCUT2D eigenvalue weighted by Crippen LogP contribution is 2.12. The summed E-state index contributed by atoms with van der Waals surface area (Å²) in [5.74, 6) is 6.45. The first kappa shape index (κ1) is 20.5. The first-order valence-electron chi connectivity index (χ1n) is 9.48. The van der Waals surface area contributed by atoms with E-state index in [1.54, 1.807) is 0 Å². The summed E-state index contributed by atoms with van der Waals surface area (Å²) in [4.78, 5) is 0. The molecule has 0 amide bonds. The van der Waals surface area contributed by atoms with Crippen molar-refractivity contribution in [3.05, 3.63) is 0 Å². The van der Waals surface area contributed by atoms with Gasteiger partial charge in [0, 0.05) is 19.4 Å². The van der Waals surface area contributed by atoms with Crippen LogP contribution in [0.3, 0.4) is 0 Å². The summed E-state index contributed by atoms with van der Waals surface area (Å²) in [7, 11) is 0. The lowest BCUT2D eigenvalue weighted by atomic mass is 10.0. The zero-order valence-corrected chi connectivity index (χ0v) is 14.5. The summed E-state index contributed by atoms with van der Waals surface area (Å²) in [6.45, 7) is 2.59. The second-order valence-corrected chi connectivity index (χ2v) is 6.17. The van der Waals surface area contributed by atoms with Crippen molar-refractivity contribution in [2.75, 3.05) is 6.61 Å². The monoisotopic (exact) mass is 294 g/mol. The molecule has 1 N–H and O–H groups in total. The van der Waals surface area contributed by atoms with E-state index in [1.807, 2.05) is 0 Å². The summed E-state index contributed by atoms with van der Waals surface area (Å²) in [5.41, 5.74) is 0. The third kappa shape index (κ3) is 19.5. The molecule has 124 valence electrons. The second kappa shape index (κ2) is 19.5. The fraction of sp³-hybridized carbons (Fsp3) is 0.900. The Hall–Kier alpha value is -0.480. The lowest BCUT2D eigenvalue weighted by Crippen LogP contribution is -1.82. The Morgan fingerprint density at radius 2 is 0.905 bits per heavy atom. The molecular weight excluding hydrogens is 256 g/mol. The minimum atomic E-state index is 0.306. The van der Waals surface area contributed by atoms with Crippen LogP contribution in [0.5, 0.6) is 0 Å². The van der Waals surface area contributed by atoms with Gasteiger partial charge in [0.05, 0.1) is 0 Å². The van der Waals surface area contributed by atoms with Crippen molar-refractivity contribution in [1.29, 1.82) is 0 Å². The van der Waals surface area contributed by atoms with Gasteiger partial charge in [0.15, 0.2) is 0 Å². The van der Waals surface area contributed by atoms with Crippen molar-refractivity contribution in [3.8, 4) is 11.8 Å². The number of rotatable bonds is 15. The molecule has 1 nitrogen and oxygen atoms in total. The van der Waals surface area contributed by atoms with Crippen LogP contribution in [0, 0.1) is 11.8 Å². The topological polar surface area (TPSA) is 20.2 Å². The van der Waals surface area contributed by atoms with Crippen molar-refractivity contribution in [2.24, 2.45) is 0 Å². The molecule has 0 saturated carbocycles. The zero-order chi connectivity index (χ0) is 15.4. The van der Waals surface area contributed by atoms with Gasteiger partial charge in [-0.15, -0.1) is 11.8 Å². The highest BCUT2D eigenvalue weighted by Gasteiger charge is 1.92. The summed E-state index contributed by atoms with van der Waals surface area (Å²) in [5, 5.41) is 8.64. The van der Waals surface area contributed by atoms with Crippen LogP contribution in [0.4, 0.5) is 0 Å². The van der Waals surface area contributed by atoms with Gasteiger partial charge in [0.1, 0.15) is 0 Å². The minimum absolute atomic E-state index is 0.306. The van der Waals surface area contributed by atoms with Gasteiger partial charge < -0.3 is 5.11 Å². The molecule has 21 heavy (non-hydrogen) atoms. The van der Waals surface area contributed by atoms with E-state index in [0.29, 0.717) is 6.61 Å². The first-order valence-corrected chi connectivity index (χ1v) is 9.48. The van der Waals surface area contributed by atoms with E-state index in [0.717, 1.165) is 25.7 Å². The number of hydrogen-bond donors (Lipinski definition) is 1. The van der Waals surface area contributed by atoms with E-state index in [1.165, 1.54) is 77.0 Å². The van der Waals surface area contributed by atoms with Crippen molar-refractivity contribution < 1.29 is 5.11 Å². The van der Waals surface area contributed by atoms with E-state index in [9.17, 15) is 0 Å². The van der Waals surface area contributed by atoms with Gasteiger partial charge in [0.2, 0.25) is 0 Å². The average Bonchev–Trinajstić information content (AvgIpc) is 2.50. The highest BCUT2D eigenvalue weighted by molar-refractivity contribution is 4.98. The number of hydrogen-bond acceptors (Lipinski definition) is 1. The molecule has 0 bridgehead atoms. The van der Waals surface area contributed by atoms with Crippen molar-refractivity contribution in [1.82, 2.24) is 0 Å². The van der Waals surface area contributed by atoms with Crippen molar-refractivity contribution in [2.45, 2.75) is 110 Å². The smallest absolute Gasteiger partial charge is 0.0431 e. The van der Waals surface area contributed by atoms with Crippen LogP contribution in [-0.4, -0.2) is 11.7 Å².